The van der Waals surface area contributed by atoms with Crippen molar-refractivity contribution < 1.29 is 9.84 Å². The Morgan fingerprint density at radius 3 is 2.60 bits per heavy atom. The number of hydrogen-bond donors (Lipinski definition) is 2. The fraction of sp³-hybridized carbons (Fsp3) is 0.500. The second-order valence-corrected chi connectivity index (χ2v) is 3.64. The summed E-state index contributed by atoms with van der Waals surface area (Å²) in [6.07, 6.45) is 0.191. The Hall–Kier alpha value is -0.900. The van der Waals surface area contributed by atoms with Gasteiger partial charge in [0.2, 0.25) is 0 Å². The molecule has 3 N–H and O–H groups in total. The number of aliphatic hydroxyl groups is 1. The Morgan fingerprint density at radius 2 is 2.00 bits per heavy atom. The molecule has 0 aliphatic carbocycles. The molecule has 1 aromatic rings. The zero-order valence-electron chi connectivity index (χ0n) is 9.10. The predicted octanol–water partition coefficient (Wildman–Crippen LogP) is 1.30. The molecule has 0 bridgehead atoms. The van der Waals surface area contributed by atoms with Gasteiger partial charge in [0.1, 0.15) is 0 Å². The summed E-state index contributed by atoms with van der Waals surface area (Å²) < 4.78 is 5.42. The third-order valence-corrected chi connectivity index (χ3v) is 2.33. The van der Waals surface area contributed by atoms with E-state index in [0.29, 0.717) is 19.6 Å². The molecule has 0 radical (unpaired) electrons. The molecule has 0 aliphatic heterocycles. The van der Waals surface area contributed by atoms with E-state index in [9.17, 15) is 5.11 Å². The van der Waals surface area contributed by atoms with Crippen molar-refractivity contribution in [1.29, 1.82) is 0 Å². The van der Waals surface area contributed by atoms with Crippen LogP contribution in [0.15, 0.2) is 30.3 Å². The lowest BCUT2D eigenvalue weighted by atomic mass is 10.1. The van der Waals surface area contributed by atoms with E-state index in [0.717, 1.165) is 5.56 Å². The topological polar surface area (TPSA) is 55.5 Å². The average molecular weight is 209 g/mol. The van der Waals surface area contributed by atoms with Gasteiger partial charge in [-0.05, 0) is 12.0 Å². The molecule has 0 aliphatic rings. The fourth-order valence-corrected chi connectivity index (χ4v) is 1.30. The molecule has 0 amide bonds. The van der Waals surface area contributed by atoms with Crippen LogP contribution < -0.4 is 5.73 Å². The average Bonchev–Trinajstić information content (AvgIpc) is 2.29. The molecule has 0 heterocycles. The molecular formula is C12H19NO2. The molecule has 2 atom stereocenters. The molecule has 84 valence electrons. The van der Waals surface area contributed by atoms with Crippen LogP contribution in [0.3, 0.4) is 0 Å². The maximum atomic E-state index is 9.42. The maximum absolute atomic E-state index is 9.42. The number of nitrogens with two attached hydrogens (primary N) is 1. The number of rotatable bonds is 6. The van der Waals surface area contributed by atoms with E-state index < -0.39 is 6.10 Å². The first-order valence-electron chi connectivity index (χ1n) is 5.29. The van der Waals surface area contributed by atoms with Gasteiger partial charge < -0.3 is 15.6 Å². The summed E-state index contributed by atoms with van der Waals surface area (Å²) in [6, 6.07) is 9.62. The molecule has 15 heavy (non-hydrogen) atoms. The zero-order chi connectivity index (χ0) is 11.1. The van der Waals surface area contributed by atoms with E-state index in [-0.39, 0.29) is 6.04 Å². The van der Waals surface area contributed by atoms with Crippen LogP contribution in [0.2, 0.25) is 0 Å². The normalized spacial score (nSPS) is 14.9. The Kier molecular flexibility index (Phi) is 5.32. The molecule has 0 unspecified atom stereocenters. The smallest absolute Gasteiger partial charge is 0.0717 e. The van der Waals surface area contributed by atoms with Crippen molar-refractivity contribution in [2.45, 2.75) is 32.1 Å². The second kappa shape index (κ2) is 6.56. The summed E-state index contributed by atoms with van der Waals surface area (Å²) in [7, 11) is 0. The van der Waals surface area contributed by atoms with Crippen molar-refractivity contribution in [2.75, 3.05) is 6.61 Å². The number of aliphatic hydroxyl groups excluding tert-OH is 1. The number of benzene rings is 1. The quantitative estimate of drug-likeness (QED) is 0.742. The van der Waals surface area contributed by atoms with Gasteiger partial charge in [-0.25, -0.2) is 0 Å². The predicted molar refractivity (Wildman–Crippen MR) is 60.4 cm³/mol. The zero-order valence-corrected chi connectivity index (χ0v) is 9.10. The minimum atomic E-state index is -0.472. The van der Waals surface area contributed by atoms with Gasteiger partial charge in [-0.2, -0.15) is 0 Å². The molecule has 1 aromatic carbocycles. The third-order valence-electron chi connectivity index (χ3n) is 2.33. The minimum absolute atomic E-state index is 0.293. The van der Waals surface area contributed by atoms with Crippen LogP contribution in [0, 0.1) is 0 Å². The second-order valence-electron chi connectivity index (χ2n) is 3.64. The van der Waals surface area contributed by atoms with Gasteiger partial charge in [-0.1, -0.05) is 37.3 Å². The van der Waals surface area contributed by atoms with Crippen molar-refractivity contribution in [3.63, 3.8) is 0 Å². The summed E-state index contributed by atoms with van der Waals surface area (Å²) in [4.78, 5) is 0. The lowest BCUT2D eigenvalue weighted by molar-refractivity contribution is 0.0535. The third kappa shape index (κ3) is 4.42. The van der Waals surface area contributed by atoms with Gasteiger partial charge in [0.05, 0.1) is 25.4 Å². The van der Waals surface area contributed by atoms with Crippen molar-refractivity contribution in [1.82, 2.24) is 0 Å². The number of ether oxygens (including phenoxy) is 1. The van der Waals surface area contributed by atoms with Crippen molar-refractivity contribution in [3.05, 3.63) is 35.9 Å². The fourth-order valence-electron chi connectivity index (χ4n) is 1.30. The van der Waals surface area contributed by atoms with Gasteiger partial charge in [0, 0.05) is 0 Å². The van der Waals surface area contributed by atoms with Gasteiger partial charge in [0.25, 0.3) is 0 Å². The Morgan fingerprint density at radius 1 is 1.33 bits per heavy atom. The summed E-state index contributed by atoms with van der Waals surface area (Å²) in [5, 5.41) is 9.42. The Labute approximate surface area is 90.9 Å². The molecule has 0 spiro atoms. The highest BCUT2D eigenvalue weighted by atomic mass is 16.5. The van der Waals surface area contributed by atoms with Gasteiger partial charge in [-0.3, -0.25) is 0 Å². The van der Waals surface area contributed by atoms with Gasteiger partial charge >= 0.3 is 0 Å². The van der Waals surface area contributed by atoms with Crippen LogP contribution in [-0.4, -0.2) is 23.9 Å². The van der Waals surface area contributed by atoms with Crippen molar-refractivity contribution in [2.24, 2.45) is 5.73 Å². The molecule has 0 aromatic heterocycles. The highest BCUT2D eigenvalue weighted by Gasteiger charge is 2.12. The summed E-state index contributed by atoms with van der Waals surface area (Å²) in [5.74, 6) is 0. The van der Waals surface area contributed by atoms with E-state index in [1.807, 2.05) is 37.3 Å². The van der Waals surface area contributed by atoms with Crippen molar-refractivity contribution in [3.8, 4) is 0 Å². The summed E-state index contributed by atoms with van der Waals surface area (Å²) in [6.45, 7) is 2.84. The first-order chi connectivity index (χ1) is 7.24. The first-order valence-corrected chi connectivity index (χ1v) is 5.29. The molecule has 3 nitrogen and oxygen atoms in total. The molecule has 0 fully saturated rings. The SMILES string of the molecule is CC[C@H](O)[C@H](N)COCc1ccccc1. The lowest BCUT2D eigenvalue weighted by Crippen LogP contribution is -2.38. The van der Waals surface area contributed by atoms with Gasteiger partial charge in [-0.15, -0.1) is 0 Å². The maximum Gasteiger partial charge on any atom is 0.0717 e. The molecule has 0 saturated heterocycles. The highest BCUT2D eigenvalue weighted by molar-refractivity contribution is 5.13. The van der Waals surface area contributed by atoms with E-state index >= 15 is 0 Å². The van der Waals surface area contributed by atoms with E-state index in [4.69, 9.17) is 10.5 Å². The first kappa shape index (κ1) is 12.2. The van der Waals surface area contributed by atoms with Crippen LogP contribution in [-0.2, 0) is 11.3 Å². The van der Waals surface area contributed by atoms with Crippen LogP contribution in [0.25, 0.3) is 0 Å². The monoisotopic (exact) mass is 209 g/mol. The summed E-state index contributed by atoms with van der Waals surface area (Å²) >= 11 is 0. The van der Waals surface area contributed by atoms with E-state index in [1.54, 1.807) is 0 Å². The van der Waals surface area contributed by atoms with Crippen LogP contribution in [0.1, 0.15) is 18.9 Å². The van der Waals surface area contributed by atoms with Crippen molar-refractivity contribution >= 4 is 0 Å². The van der Waals surface area contributed by atoms with Crippen LogP contribution >= 0.6 is 0 Å². The highest BCUT2D eigenvalue weighted by Crippen LogP contribution is 2.02. The molecule has 0 saturated carbocycles. The van der Waals surface area contributed by atoms with E-state index in [2.05, 4.69) is 0 Å². The molecule has 3 heteroatoms. The van der Waals surface area contributed by atoms with Crippen LogP contribution in [0.5, 0.6) is 0 Å². The minimum Gasteiger partial charge on any atom is -0.391 e. The van der Waals surface area contributed by atoms with E-state index in [1.165, 1.54) is 0 Å². The largest absolute Gasteiger partial charge is 0.391 e. The lowest BCUT2D eigenvalue weighted by Gasteiger charge is -2.17. The summed E-state index contributed by atoms with van der Waals surface area (Å²) in [5.41, 5.74) is 6.84. The molecular weight excluding hydrogens is 190 g/mol. The molecule has 1 rings (SSSR count). The van der Waals surface area contributed by atoms with Gasteiger partial charge in [0.15, 0.2) is 0 Å². The Balaban J connectivity index is 2.22. The standard InChI is InChI=1S/C12H19NO2/c1-2-12(14)11(13)9-15-8-10-6-4-3-5-7-10/h3-7,11-12,14H,2,8-9,13H2,1H3/t11-,12+/m1/s1. The van der Waals surface area contributed by atoms with Crippen LogP contribution in [0.4, 0.5) is 0 Å². The number of hydrogen-bond acceptors (Lipinski definition) is 3. The Bertz CT molecular complexity index is 264.